The van der Waals surface area contributed by atoms with Gasteiger partial charge in [0.05, 0.1) is 11.3 Å². The van der Waals surface area contributed by atoms with Crippen LogP contribution in [0.25, 0.3) is 0 Å². The molecule has 0 aliphatic carbocycles. The summed E-state index contributed by atoms with van der Waals surface area (Å²) < 4.78 is 0. The summed E-state index contributed by atoms with van der Waals surface area (Å²) in [5.74, 6) is -1.33. The molecule has 0 spiro atoms. The Labute approximate surface area is 153 Å². The number of hydrogen-bond donors (Lipinski definition) is 1. The van der Waals surface area contributed by atoms with Crippen LogP contribution in [-0.2, 0) is 20.9 Å². The second-order valence-corrected chi connectivity index (χ2v) is 7.89. The van der Waals surface area contributed by atoms with Crippen molar-refractivity contribution in [1.82, 2.24) is 9.80 Å². The van der Waals surface area contributed by atoms with Gasteiger partial charge >= 0.3 is 5.97 Å². The first-order valence-corrected chi connectivity index (χ1v) is 9.14. The van der Waals surface area contributed by atoms with E-state index in [0.717, 1.165) is 5.56 Å². The van der Waals surface area contributed by atoms with Gasteiger partial charge in [-0.25, -0.2) is 0 Å². The van der Waals surface area contributed by atoms with E-state index < -0.39 is 11.4 Å². The first-order chi connectivity index (χ1) is 12.3. The zero-order valence-corrected chi connectivity index (χ0v) is 15.4. The Hall–Kier alpha value is -2.37. The van der Waals surface area contributed by atoms with Crippen molar-refractivity contribution in [2.75, 3.05) is 19.6 Å². The summed E-state index contributed by atoms with van der Waals surface area (Å²) in [6.07, 6.45) is 1.47. The van der Waals surface area contributed by atoms with Crippen LogP contribution in [0.2, 0.25) is 0 Å². The van der Waals surface area contributed by atoms with Crippen molar-refractivity contribution >= 4 is 17.8 Å². The molecule has 3 rings (SSSR count). The van der Waals surface area contributed by atoms with Gasteiger partial charge in [-0.1, -0.05) is 29.8 Å². The van der Waals surface area contributed by atoms with Crippen LogP contribution in [-0.4, -0.2) is 52.3 Å². The standard InChI is InChI=1S/C20H26N2O4/c1-14-4-6-15(7-5-14)11-22-12-16(10-17(22)23)18(24)21-9-3-8-20(2,13-21)19(25)26/h4-7,16H,3,8-13H2,1-2H3,(H,25,26). The molecule has 2 heterocycles. The van der Waals surface area contributed by atoms with Crippen LogP contribution >= 0.6 is 0 Å². The Morgan fingerprint density at radius 3 is 2.62 bits per heavy atom. The fourth-order valence-electron chi connectivity index (χ4n) is 3.86. The van der Waals surface area contributed by atoms with E-state index >= 15 is 0 Å². The molecule has 6 nitrogen and oxygen atoms in total. The van der Waals surface area contributed by atoms with Crippen molar-refractivity contribution < 1.29 is 19.5 Å². The minimum absolute atomic E-state index is 0.0121. The number of hydrogen-bond acceptors (Lipinski definition) is 3. The molecule has 2 aliphatic rings. The van der Waals surface area contributed by atoms with E-state index in [1.807, 2.05) is 31.2 Å². The van der Waals surface area contributed by atoms with Crippen LogP contribution < -0.4 is 0 Å². The van der Waals surface area contributed by atoms with Gasteiger partial charge in [0.25, 0.3) is 0 Å². The Bertz CT molecular complexity index is 715. The molecule has 26 heavy (non-hydrogen) atoms. The second-order valence-electron chi connectivity index (χ2n) is 7.89. The highest BCUT2D eigenvalue weighted by molar-refractivity contribution is 5.89. The summed E-state index contributed by atoms with van der Waals surface area (Å²) in [5, 5.41) is 9.43. The van der Waals surface area contributed by atoms with Gasteiger partial charge in [-0.05, 0) is 32.3 Å². The number of carbonyl (C=O) groups excluding carboxylic acids is 2. The number of nitrogens with zero attached hydrogens (tertiary/aromatic N) is 2. The molecule has 2 saturated heterocycles. The van der Waals surface area contributed by atoms with E-state index in [9.17, 15) is 19.5 Å². The molecule has 2 aliphatic heterocycles. The highest BCUT2D eigenvalue weighted by Crippen LogP contribution is 2.32. The number of aliphatic carboxylic acids is 1. The minimum atomic E-state index is -0.891. The summed E-state index contributed by atoms with van der Waals surface area (Å²) in [4.78, 5) is 40.1. The Morgan fingerprint density at radius 2 is 1.96 bits per heavy atom. The molecule has 2 amide bonds. The molecule has 6 heteroatoms. The second kappa shape index (κ2) is 7.09. The highest BCUT2D eigenvalue weighted by Gasteiger charge is 2.43. The van der Waals surface area contributed by atoms with Crippen molar-refractivity contribution in [3.8, 4) is 0 Å². The molecule has 2 fully saturated rings. The predicted octanol–water partition coefficient (Wildman–Crippen LogP) is 2.06. The lowest BCUT2D eigenvalue weighted by atomic mass is 9.81. The molecule has 1 N–H and O–H groups in total. The van der Waals surface area contributed by atoms with Gasteiger partial charge in [-0.15, -0.1) is 0 Å². The molecule has 2 unspecified atom stereocenters. The van der Waals surface area contributed by atoms with Crippen molar-refractivity contribution in [1.29, 1.82) is 0 Å². The predicted molar refractivity (Wildman–Crippen MR) is 96.3 cm³/mol. The number of amides is 2. The largest absolute Gasteiger partial charge is 0.481 e. The smallest absolute Gasteiger partial charge is 0.311 e. The normalized spacial score (nSPS) is 26.2. The minimum Gasteiger partial charge on any atom is -0.481 e. The number of benzene rings is 1. The number of carboxylic acids is 1. The zero-order chi connectivity index (χ0) is 18.9. The maximum atomic E-state index is 12.9. The first kappa shape index (κ1) is 18.4. The molecule has 0 saturated carbocycles. The van der Waals surface area contributed by atoms with Crippen molar-refractivity contribution in [3.05, 3.63) is 35.4 Å². The van der Waals surface area contributed by atoms with E-state index in [-0.39, 0.29) is 30.7 Å². The number of rotatable bonds is 4. The summed E-state index contributed by atoms with van der Waals surface area (Å²) in [5.41, 5.74) is 1.33. The van der Waals surface area contributed by atoms with Crippen LogP contribution in [0.15, 0.2) is 24.3 Å². The van der Waals surface area contributed by atoms with Crippen molar-refractivity contribution in [3.63, 3.8) is 0 Å². The van der Waals surface area contributed by atoms with Gasteiger partial charge in [0.15, 0.2) is 0 Å². The van der Waals surface area contributed by atoms with E-state index in [2.05, 4.69) is 0 Å². The van der Waals surface area contributed by atoms with E-state index in [1.165, 1.54) is 5.56 Å². The summed E-state index contributed by atoms with van der Waals surface area (Å²) >= 11 is 0. The fourth-order valence-corrected chi connectivity index (χ4v) is 3.86. The van der Waals surface area contributed by atoms with Gasteiger partial charge < -0.3 is 14.9 Å². The molecular weight excluding hydrogens is 332 g/mol. The van der Waals surface area contributed by atoms with E-state index in [0.29, 0.717) is 32.5 Å². The third-order valence-electron chi connectivity index (χ3n) is 5.58. The highest BCUT2D eigenvalue weighted by atomic mass is 16.4. The maximum absolute atomic E-state index is 12.9. The van der Waals surface area contributed by atoms with Gasteiger partial charge in [0, 0.05) is 32.6 Å². The van der Waals surface area contributed by atoms with Gasteiger partial charge in [0.2, 0.25) is 11.8 Å². The zero-order valence-electron chi connectivity index (χ0n) is 15.4. The lowest BCUT2D eigenvalue weighted by Crippen LogP contribution is -2.50. The Kier molecular flexibility index (Phi) is 5.03. The van der Waals surface area contributed by atoms with Crippen LogP contribution in [0, 0.1) is 18.3 Å². The maximum Gasteiger partial charge on any atom is 0.311 e. The van der Waals surface area contributed by atoms with Gasteiger partial charge in [0.1, 0.15) is 0 Å². The summed E-state index contributed by atoms with van der Waals surface area (Å²) in [7, 11) is 0. The monoisotopic (exact) mass is 358 g/mol. The third-order valence-corrected chi connectivity index (χ3v) is 5.58. The Balaban J connectivity index is 1.63. The molecule has 2 atom stereocenters. The van der Waals surface area contributed by atoms with Crippen molar-refractivity contribution in [2.45, 2.75) is 39.7 Å². The average Bonchev–Trinajstić information content (AvgIpc) is 2.97. The first-order valence-electron chi connectivity index (χ1n) is 9.14. The SMILES string of the molecule is Cc1ccc(CN2CC(C(=O)N3CCCC(C)(C(=O)O)C3)CC2=O)cc1. The Morgan fingerprint density at radius 1 is 1.27 bits per heavy atom. The van der Waals surface area contributed by atoms with Gasteiger partial charge in [-0.2, -0.15) is 0 Å². The molecule has 0 bridgehead atoms. The molecular formula is C20H26N2O4. The van der Waals surface area contributed by atoms with Gasteiger partial charge in [-0.3, -0.25) is 14.4 Å². The number of aryl methyl sites for hydroxylation is 1. The van der Waals surface area contributed by atoms with Crippen molar-refractivity contribution in [2.24, 2.45) is 11.3 Å². The fraction of sp³-hybridized carbons (Fsp3) is 0.550. The average molecular weight is 358 g/mol. The summed E-state index contributed by atoms with van der Waals surface area (Å²) in [6, 6.07) is 8.03. The number of carboxylic acid groups (broad SMARTS) is 1. The molecule has 140 valence electrons. The van der Waals surface area contributed by atoms with E-state index in [1.54, 1.807) is 16.7 Å². The third kappa shape index (κ3) is 3.74. The summed E-state index contributed by atoms with van der Waals surface area (Å²) in [6.45, 7) is 5.43. The van der Waals surface area contributed by atoms with Crippen LogP contribution in [0.5, 0.6) is 0 Å². The lowest BCUT2D eigenvalue weighted by molar-refractivity contribution is -0.154. The topological polar surface area (TPSA) is 77.9 Å². The molecule has 0 radical (unpaired) electrons. The number of carbonyl (C=O) groups is 3. The van der Waals surface area contributed by atoms with E-state index in [4.69, 9.17) is 0 Å². The quantitative estimate of drug-likeness (QED) is 0.894. The molecule has 1 aromatic rings. The molecule has 1 aromatic carbocycles. The lowest BCUT2D eigenvalue weighted by Gasteiger charge is -2.38. The van der Waals surface area contributed by atoms with Crippen LogP contribution in [0.4, 0.5) is 0 Å². The number of piperidine rings is 1. The van der Waals surface area contributed by atoms with Crippen LogP contribution in [0.1, 0.15) is 37.3 Å². The van der Waals surface area contributed by atoms with Crippen LogP contribution in [0.3, 0.4) is 0 Å². The molecule has 0 aromatic heterocycles. The number of likely N-dealkylation sites (tertiary alicyclic amines) is 2.